The molecule has 2 aromatic carbocycles. The minimum atomic E-state index is -0.219. The predicted octanol–water partition coefficient (Wildman–Crippen LogP) is 3.61. The number of rotatable bonds is 9. The monoisotopic (exact) mass is 439 g/mol. The van der Waals surface area contributed by atoms with Crippen molar-refractivity contribution in [2.45, 2.75) is 25.5 Å². The number of nitrogens with one attached hydrogen (secondary N) is 1. The number of thioether (sulfide) groups is 1. The van der Waals surface area contributed by atoms with Gasteiger partial charge in [-0.25, -0.2) is 5.43 Å². The van der Waals surface area contributed by atoms with Crippen LogP contribution in [-0.4, -0.2) is 46.4 Å². The molecule has 9 heteroatoms. The third kappa shape index (κ3) is 5.64. The zero-order chi connectivity index (χ0) is 22.2. The molecule has 162 valence electrons. The Morgan fingerprint density at radius 2 is 1.84 bits per heavy atom. The second-order valence-electron chi connectivity index (χ2n) is 6.53. The van der Waals surface area contributed by atoms with E-state index in [-0.39, 0.29) is 11.7 Å². The highest BCUT2D eigenvalue weighted by Gasteiger charge is 2.14. The molecule has 3 aromatic rings. The first-order valence-corrected chi connectivity index (χ1v) is 10.7. The number of aromatic nitrogens is 3. The van der Waals surface area contributed by atoms with Crippen molar-refractivity contribution < 1.29 is 14.3 Å². The Kier molecular flexibility index (Phi) is 7.66. The van der Waals surface area contributed by atoms with E-state index in [0.29, 0.717) is 17.4 Å². The van der Waals surface area contributed by atoms with Crippen LogP contribution in [0.2, 0.25) is 0 Å². The van der Waals surface area contributed by atoms with Crippen molar-refractivity contribution in [3.63, 3.8) is 0 Å². The van der Waals surface area contributed by atoms with Crippen LogP contribution >= 0.6 is 11.8 Å². The summed E-state index contributed by atoms with van der Waals surface area (Å²) in [4.78, 5) is 12.3. The summed E-state index contributed by atoms with van der Waals surface area (Å²) >= 11 is 1.32. The lowest BCUT2D eigenvalue weighted by Gasteiger charge is -2.08. The number of hydrazone groups is 1. The quantitative estimate of drug-likeness (QED) is 0.311. The van der Waals surface area contributed by atoms with Gasteiger partial charge in [0.25, 0.3) is 5.91 Å². The number of ether oxygens (including phenoxy) is 2. The molecule has 31 heavy (non-hydrogen) atoms. The van der Waals surface area contributed by atoms with E-state index in [1.54, 1.807) is 14.2 Å². The number of nitrogens with zero attached hydrogens (tertiary/aromatic N) is 4. The largest absolute Gasteiger partial charge is 0.497 e. The van der Waals surface area contributed by atoms with Gasteiger partial charge in [-0.05, 0) is 50.2 Å². The third-order valence-corrected chi connectivity index (χ3v) is 5.52. The fourth-order valence-corrected chi connectivity index (χ4v) is 3.65. The second-order valence-corrected chi connectivity index (χ2v) is 7.47. The Morgan fingerprint density at radius 1 is 1.10 bits per heavy atom. The summed E-state index contributed by atoms with van der Waals surface area (Å²) in [6.45, 7) is 4.53. The van der Waals surface area contributed by atoms with E-state index in [4.69, 9.17) is 9.47 Å². The molecule has 0 aliphatic rings. The molecule has 1 heterocycles. The van der Waals surface area contributed by atoms with Crippen LogP contribution in [0.25, 0.3) is 11.4 Å². The highest BCUT2D eigenvalue weighted by Crippen LogP contribution is 2.25. The highest BCUT2D eigenvalue weighted by molar-refractivity contribution is 7.99. The molecule has 0 aliphatic heterocycles. The van der Waals surface area contributed by atoms with E-state index in [1.807, 2.05) is 66.9 Å². The number of benzene rings is 2. The van der Waals surface area contributed by atoms with Gasteiger partial charge in [-0.1, -0.05) is 23.9 Å². The molecule has 0 spiro atoms. The van der Waals surface area contributed by atoms with Gasteiger partial charge in [0.2, 0.25) is 0 Å². The molecule has 0 bridgehead atoms. The Balaban J connectivity index is 1.62. The summed E-state index contributed by atoms with van der Waals surface area (Å²) in [5.41, 5.74) is 5.10. The van der Waals surface area contributed by atoms with Gasteiger partial charge in [-0.2, -0.15) is 5.10 Å². The van der Waals surface area contributed by atoms with E-state index >= 15 is 0 Å². The van der Waals surface area contributed by atoms with E-state index in [1.165, 1.54) is 11.8 Å². The lowest BCUT2D eigenvalue weighted by atomic mass is 10.1. The van der Waals surface area contributed by atoms with Crippen molar-refractivity contribution in [2.75, 3.05) is 20.0 Å². The summed E-state index contributed by atoms with van der Waals surface area (Å²) < 4.78 is 12.4. The van der Waals surface area contributed by atoms with Crippen LogP contribution in [0.1, 0.15) is 19.4 Å². The molecule has 0 aliphatic carbocycles. The van der Waals surface area contributed by atoms with Gasteiger partial charge in [0.1, 0.15) is 11.5 Å². The topological polar surface area (TPSA) is 90.6 Å². The molecule has 0 atom stereocenters. The first kappa shape index (κ1) is 22.4. The molecule has 0 fully saturated rings. The predicted molar refractivity (Wildman–Crippen MR) is 122 cm³/mol. The Morgan fingerprint density at radius 3 is 2.52 bits per heavy atom. The maximum Gasteiger partial charge on any atom is 0.250 e. The lowest BCUT2D eigenvalue weighted by Crippen LogP contribution is -2.21. The number of hydrogen-bond acceptors (Lipinski definition) is 7. The molecule has 1 N–H and O–H groups in total. The zero-order valence-corrected chi connectivity index (χ0v) is 18.8. The normalized spacial score (nSPS) is 11.3. The molecule has 0 unspecified atom stereocenters. The van der Waals surface area contributed by atoms with Crippen LogP contribution in [0, 0.1) is 0 Å². The van der Waals surface area contributed by atoms with Gasteiger partial charge in [0, 0.05) is 17.7 Å². The highest BCUT2D eigenvalue weighted by atomic mass is 32.2. The Bertz CT molecular complexity index is 1060. The fraction of sp³-hybridized carbons (Fsp3) is 0.273. The van der Waals surface area contributed by atoms with Crippen molar-refractivity contribution in [3.05, 3.63) is 54.1 Å². The van der Waals surface area contributed by atoms with Crippen molar-refractivity contribution in [1.82, 2.24) is 20.2 Å². The third-order valence-electron chi connectivity index (χ3n) is 4.55. The van der Waals surface area contributed by atoms with E-state index < -0.39 is 0 Å². The van der Waals surface area contributed by atoms with Crippen molar-refractivity contribution in [2.24, 2.45) is 5.10 Å². The average Bonchev–Trinajstić information content (AvgIpc) is 3.24. The molecule has 3 rings (SSSR count). The van der Waals surface area contributed by atoms with Gasteiger partial charge in [0.15, 0.2) is 11.0 Å². The summed E-state index contributed by atoms with van der Waals surface area (Å²) in [5, 5.41) is 13.4. The molecule has 0 saturated carbocycles. The number of amides is 1. The second kappa shape index (κ2) is 10.6. The first-order chi connectivity index (χ1) is 15.0. The SMILES string of the molecule is CCn1c(SCC(=O)NN=C(C)c2cccc(OC)c2)nnc1-c1ccc(OC)cc1. The fourth-order valence-electron chi connectivity index (χ4n) is 2.86. The summed E-state index contributed by atoms with van der Waals surface area (Å²) in [6, 6.07) is 15.1. The molecule has 1 amide bonds. The van der Waals surface area contributed by atoms with Crippen LogP contribution in [-0.2, 0) is 11.3 Å². The van der Waals surface area contributed by atoms with Crippen molar-refractivity contribution >= 4 is 23.4 Å². The van der Waals surface area contributed by atoms with Gasteiger partial charge in [0.05, 0.1) is 25.7 Å². The number of carbonyl (C=O) groups excluding carboxylic acids is 1. The Labute approximate surface area is 185 Å². The van der Waals surface area contributed by atoms with E-state index in [2.05, 4.69) is 20.7 Å². The van der Waals surface area contributed by atoms with Crippen LogP contribution in [0.3, 0.4) is 0 Å². The van der Waals surface area contributed by atoms with E-state index in [9.17, 15) is 4.79 Å². The maximum atomic E-state index is 12.3. The van der Waals surface area contributed by atoms with Crippen LogP contribution in [0.4, 0.5) is 0 Å². The molecule has 0 saturated heterocycles. The first-order valence-electron chi connectivity index (χ1n) is 9.73. The van der Waals surface area contributed by atoms with Gasteiger partial charge in [-0.3, -0.25) is 4.79 Å². The van der Waals surface area contributed by atoms with Crippen molar-refractivity contribution in [3.8, 4) is 22.9 Å². The maximum absolute atomic E-state index is 12.3. The number of hydrogen-bond donors (Lipinski definition) is 1. The van der Waals surface area contributed by atoms with Crippen LogP contribution < -0.4 is 14.9 Å². The summed E-state index contributed by atoms with van der Waals surface area (Å²) in [5.74, 6) is 2.22. The van der Waals surface area contributed by atoms with Gasteiger partial charge in [-0.15, -0.1) is 10.2 Å². The zero-order valence-electron chi connectivity index (χ0n) is 18.0. The lowest BCUT2D eigenvalue weighted by molar-refractivity contribution is -0.118. The van der Waals surface area contributed by atoms with Gasteiger partial charge >= 0.3 is 0 Å². The molecule has 1 aromatic heterocycles. The summed E-state index contributed by atoms with van der Waals surface area (Å²) in [7, 11) is 3.24. The molecular weight excluding hydrogens is 414 g/mol. The van der Waals surface area contributed by atoms with Gasteiger partial charge < -0.3 is 14.0 Å². The molecular formula is C22H25N5O3S. The van der Waals surface area contributed by atoms with Crippen molar-refractivity contribution in [1.29, 1.82) is 0 Å². The molecule has 0 radical (unpaired) electrons. The standard InChI is InChI=1S/C22H25N5O3S/c1-5-27-21(16-9-11-18(29-3)12-10-16)25-26-22(27)31-14-20(28)24-23-15(2)17-7-6-8-19(13-17)30-4/h6-13H,5,14H2,1-4H3,(H,24,28). The average molecular weight is 440 g/mol. The minimum absolute atomic E-state index is 0.176. The van der Waals surface area contributed by atoms with Crippen LogP contribution in [0.5, 0.6) is 11.5 Å². The van der Waals surface area contributed by atoms with E-state index in [0.717, 1.165) is 28.5 Å². The minimum Gasteiger partial charge on any atom is -0.497 e. The Hall–Kier alpha value is -3.33. The summed E-state index contributed by atoms with van der Waals surface area (Å²) in [6.07, 6.45) is 0. The van der Waals surface area contributed by atoms with Crippen LogP contribution in [0.15, 0.2) is 58.8 Å². The smallest absolute Gasteiger partial charge is 0.250 e. The number of methoxy groups -OCH3 is 2. The molecule has 8 nitrogen and oxygen atoms in total. The number of carbonyl (C=O) groups is 1.